The highest BCUT2D eigenvalue weighted by atomic mass is 15.1. The van der Waals surface area contributed by atoms with Gasteiger partial charge in [0.25, 0.3) is 0 Å². The molecular weight excluding hydrogens is 388 g/mol. The summed E-state index contributed by atoms with van der Waals surface area (Å²) in [6.45, 7) is 6.43. The van der Waals surface area contributed by atoms with Crippen LogP contribution in [-0.4, -0.2) is 37.0 Å². The smallest absolute Gasteiger partial charge is 0.0317 e. The van der Waals surface area contributed by atoms with Gasteiger partial charge in [-0.3, -0.25) is 9.80 Å². The first-order chi connectivity index (χ1) is 15.5. The molecule has 0 amide bonds. The van der Waals surface area contributed by atoms with Gasteiger partial charge in [0.2, 0.25) is 0 Å². The fourth-order valence-electron chi connectivity index (χ4n) is 4.50. The lowest BCUT2D eigenvalue weighted by molar-refractivity contribution is 0.270. The molecule has 0 N–H and O–H groups in total. The number of hydrogen-bond acceptors (Lipinski definition) is 2. The van der Waals surface area contributed by atoms with Crippen LogP contribution in [0.5, 0.6) is 0 Å². The van der Waals surface area contributed by atoms with Crippen molar-refractivity contribution in [3.05, 3.63) is 134 Å². The Morgan fingerprint density at radius 1 is 0.562 bits per heavy atom. The third-order valence-electron chi connectivity index (χ3n) is 6.83. The lowest BCUT2D eigenvalue weighted by Gasteiger charge is -2.35. The minimum absolute atomic E-state index is 0.371. The summed E-state index contributed by atoms with van der Waals surface area (Å²) in [5.41, 5.74) is 2.71. The molecule has 0 aromatic heterocycles. The summed E-state index contributed by atoms with van der Waals surface area (Å²) in [6, 6.07) is 22.3. The van der Waals surface area contributed by atoms with Crippen molar-refractivity contribution in [2.75, 3.05) is 27.2 Å². The van der Waals surface area contributed by atoms with Gasteiger partial charge in [-0.1, -0.05) is 60.7 Å². The molecule has 2 fully saturated rings. The third kappa shape index (κ3) is 5.46. The molecule has 0 saturated heterocycles. The Bertz CT molecular complexity index is 735. The maximum absolute atomic E-state index is 2.43. The Morgan fingerprint density at radius 2 is 0.938 bits per heavy atom. The van der Waals surface area contributed by atoms with Gasteiger partial charge in [-0.15, -0.1) is 0 Å². The zero-order valence-electron chi connectivity index (χ0n) is 19.7. The first kappa shape index (κ1) is 23.5. The van der Waals surface area contributed by atoms with Crippen LogP contribution in [0.15, 0.2) is 60.7 Å². The molecule has 10 radical (unpaired) electrons. The Labute approximate surface area is 197 Å². The van der Waals surface area contributed by atoms with Gasteiger partial charge in [0.15, 0.2) is 0 Å². The molecule has 2 aliphatic carbocycles. The van der Waals surface area contributed by atoms with Crippen LogP contribution in [0, 0.1) is 62.2 Å². The summed E-state index contributed by atoms with van der Waals surface area (Å²) >= 11 is 0. The molecule has 0 aliphatic heterocycles. The zero-order valence-corrected chi connectivity index (χ0v) is 19.7. The van der Waals surface area contributed by atoms with Gasteiger partial charge in [-0.2, -0.15) is 0 Å². The Balaban J connectivity index is 1.37. The molecule has 2 aliphatic rings. The van der Waals surface area contributed by atoms with Crippen LogP contribution in [0.4, 0.5) is 0 Å². The average Bonchev–Trinajstić information content (AvgIpc) is 3.48. The minimum atomic E-state index is 0.371. The zero-order chi connectivity index (χ0) is 22.5. The molecule has 0 unspecified atom stereocenters. The maximum Gasteiger partial charge on any atom is 0.0317 e. The van der Waals surface area contributed by atoms with E-state index in [1.807, 2.05) is 0 Å². The SMILES string of the molecule is C[C@@H](c1ccccc1)N(C)C[C]1[CH][CH][CH][C]1[C]1[CH][CH][CH][C]1CN(C)[C@@H](C)c1ccccc1. The summed E-state index contributed by atoms with van der Waals surface area (Å²) in [7, 11) is 4.44. The quantitative estimate of drug-likeness (QED) is 0.495. The van der Waals surface area contributed by atoms with E-state index in [2.05, 4.69) is 137 Å². The van der Waals surface area contributed by atoms with E-state index in [0.717, 1.165) is 13.1 Å². The van der Waals surface area contributed by atoms with E-state index >= 15 is 0 Å². The van der Waals surface area contributed by atoms with Crippen molar-refractivity contribution < 1.29 is 0 Å². The van der Waals surface area contributed by atoms with Gasteiger partial charge in [-0.05, 0) is 89.4 Å². The van der Waals surface area contributed by atoms with Crippen molar-refractivity contribution in [2.24, 2.45) is 0 Å². The number of hydrogen-bond donors (Lipinski definition) is 0. The predicted octanol–water partition coefficient (Wildman–Crippen LogP) is 5.92. The summed E-state index contributed by atoms with van der Waals surface area (Å²) in [6.07, 6.45) is 13.5. The van der Waals surface area contributed by atoms with Gasteiger partial charge >= 0.3 is 0 Å². The van der Waals surface area contributed by atoms with E-state index in [4.69, 9.17) is 0 Å². The van der Waals surface area contributed by atoms with Crippen LogP contribution in [0.1, 0.15) is 37.1 Å². The number of benzene rings is 2. The predicted molar refractivity (Wildman–Crippen MR) is 134 cm³/mol. The summed E-state index contributed by atoms with van der Waals surface area (Å²) in [5.74, 6) is 5.50. The Kier molecular flexibility index (Phi) is 8.07. The third-order valence-corrected chi connectivity index (χ3v) is 6.83. The van der Waals surface area contributed by atoms with Crippen molar-refractivity contribution in [3.63, 3.8) is 0 Å². The standard InChI is InChI=1S/C30H34N2/c1-23(25-13-7-5-8-14-25)31(3)21-27-17-11-19-29(27)30-20-12-18-28(30)22-32(4)24(2)26-15-9-6-10-16-26/h5-20,23-24H,21-22H2,1-4H3/t23-,24-/m0/s1. The summed E-state index contributed by atoms with van der Waals surface area (Å²) < 4.78 is 0. The lowest BCUT2D eigenvalue weighted by atomic mass is 9.77. The van der Waals surface area contributed by atoms with Crippen molar-refractivity contribution in [1.29, 1.82) is 0 Å². The van der Waals surface area contributed by atoms with Gasteiger partial charge in [-0.25, -0.2) is 0 Å². The fourth-order valence-corrected chi connectivity index (χ4v) is 4.50. The monoisotopic (exact) mass is 422 g/mol. The number of nitrogens with zero attached hydrogens (tertiary/aromatic N) is 2. The van der Waals surface area contributed by atoms with Crippen LogP contribution >= 0.6 is 0 Å². The average molecular weight is 423 g/mol. The van der Waals surface area contributed by atoms with Gasteiger partial charge in [0, 0.05) is 37.0 Å². The van der Waals surface area contributed by atoms with Crippen LogP contribution in [0.3, 0.4) is 0 Å². The molecule has 0 heterocycles. The van der Waals surface area contributed by atoms with E-state index < -0.39 is 0 Å². The molecule has 164 valence electrons. The highest BCUT2D eigenvalue weighted by Crippen LogP contribution is 2.50. The summed E-state index contributed by atoms with van der Waals surface area (Å²) in [5, 5.41) is 0. The van der Waals surface area contributed by atoms with Gasteiger partial charge in [0.05, 0.1) is 0 Å². The molecule has 32 heavy (non-hydrogen) atoms. The van der Waals surface area contributed by atoms with Crippen LogP contribution in [-0.2, 0) is 0 Å². The highest BCUT2D eigenvalue weighted by Gasteiger charge is 2.43. The normalized spacial score (nSPS) is 21.1. The van der Waals surface area contributed by atoms with Gasteiger partial charge in [0.1, 0.15) is 0 Å². The van der Waals surface area contributed by atoms with E-state index in [9.17, 15) is 0 Å². The lowest BCUT2D eigenvalue weighted by Crippen LogP contribution is -2.33. The molecule has 2 atom stereocenters. The van der Waals surface area contributed by atoms with E-state index in [0.29, 0.717) is 12.1 Å². The molecular formula is C30H34N2. The molecule has 0 bridgehead atoms. The van der Waals surface area contributed by atoms with Crippen molar-refractivity contribution in [3.8, 4) is 0 Å². The molecule has 2 heteroatoms. The Morgan fingerprint density at radius 3 is 1.31 bits per heavy atom. The molecule has 0 spiro atoms. The summed E-state index contributed by atoms with van der Waals surface area (Å²) in [4.78, 5) is 4.86. The van der Waals surface area contributed by atoms with Crippen LogP contribution < -0.4 is 0 Å². The largest absolute Gasteiger partial charge is 0.299 e. The van der Waals surface area contributed by atoms with E-state index in [1.54, 1.807) is 0 Å². The second-order valence-electron chi connectivity index (χ2n) is 8.93. The second-order valence-corrected chi connectivity index (χ2v) is 8.93. The molecule has 2 nitrogen and oxygen atoms in total. The van der Waals surface area contributed by atoms with Crippen LogP contribution in [0.2, 0.25) is 0 Å². The first-order valence-electron chi connectivity index (χ1n) is 11.5. The van der Waals surface area contributed by atoms with Gasteiger partial charge < -0.3 is 0 Å². The van der Waals surface area contributed by atoms with Crippen molar-refractivity contribution in [2.45, 2.75) is 25.9 Å². The maximum atomic E-state index is 2.43. The number of rotatable bonds is 9. The topological polar surface area (TPSA) is 6.48 Å². The van der Waals surface area contributed by atoms with Crippen molar-refractivity contribution >= 4 is 0 Å². The van der Waals surface area contributed by atoms with Crippen LogP contribution in [0.25, 0.3) is 0 Å². The first-order valence-corrected chi connectivity index (χ1v) is 11.5. The molecule has 4 rings (SSSR count). The second kappa shape index (κ2) is 11.0. The molecule has 2 aromatic rings. The Hall–Kier alpha value is -1.64. The van der Waals surface area contributed by atoms with E-state index in [1.165, 1.54) is 34.8 Å². The van der Waals surface area contributed by atoms with E-state index in [-0.39, 0.29) is 0 Å². The highest BCUT2D eigenvalue weighted by molar-refractivity contribution is 5.64. The van der Waals surface area contributed by atoms with Crippen molar-refractivity contribution in [1.82, 2.24) is 9.80 Å². The molecule has 2 saturated carbocycles. The fraction of sp³-hybridized carbons (Fsp3) is 0.267. The molecule has 2 aromatic carbocycles. The minimum Gasteiger partial charge on any atom is -0.299 e.